The van der Waals surface area contributed by atoms with Crippen LogP contribution in [0.5, 0.6) is 0 Å². The van der Waals surface area contributed by atoms with Gasteiger partial charge in [-0.1, -0.05) is 84.8 Å². The first-order valence-electron chi connectivity index (χ1n) is 19.3. The second-order valence-electron chi connectivity index (χ2n) is 17.4. The van der Waals surface area contributed by atoms with Crippen molar-refractivity contribution in [2.45, 2.75) is 179 Å². The molecule has 6 unspecified atom stereocenters. The molecular formula is C39H69NO5S. The fourth-order valence-electron chi connectivity index (χ4n) is 11.3. The molecule has 7 heteroatoms. The van der Waals surface area contributed by atoms with E-state index in [1.165, 1.54) is 64.2 Å². The van der Waals surface area contributed by atoms with Crippen LogP contribution in [0.15, 0.2) is 11.6 Å². The normalized spacial score (nSPS) is 43.8. The maximum Gasteiger partial charge on any atom is 0.129 e. The van der Waals surface area contributed by atoms with E-state index in [-0.39, 0.29) is 0 Å². The molecule has 1 heterocycles. The van der Waals surface area contributed by atoms with Crippen LogP contribution in [0, 0.1) is 46.3 Å². The van der Waals surface area contributed by atoms with Crippen LogP contribution in [-0.2, 0) is 9.47 Å². The summed E-state index contributed by atoms with van der Waals surface area (Å²) in [5.74, 6) is 5.29. The lowest BCUT2D eigenvalue weighted by molar-refractivity contribution is -0.202. The number of unbranched alkanes of at least 4 members (excludes halogenated alkanes) is 3. The van der Waals surface area contributed by atoms with Gasteiger partial charge in [0.1, 0.15) is 29.9 Å². The predicted octanol–water partition coefficient (Wildman–Crippen LogP) is 7.43. The Morgan fingerprint density at radius 1 is 0.891 bits per heavy atom. The van der Waals surface area contributed by atoms with E-state index in [1.54, 1.807) is 5.57 Å². The summed E-state index contributed by atoms with van der Waals surface area (Å²) >= 11 is 4.17. The van der Waals surface area contributed by atoms with Crippen LogP contribution < -0.4 is 5.73 Å². The summed E-state index contributed by atoms with van der Waals surface area (Å²) in [4.78, 5) is 0. The van der Waals surface area contributed by atoms with Crippen LogP contribution in [0.4, 0.5) is 0 Å². The number of aliphatic hydroxyl groups excluding tert-OH is 3. The topological polar surface area (TPSA) is 105 Å². The molecule has 0 bridgehead atoms. The molecule has 0 aromatic rings. The quantitative estimate of drug-likeness (QED) is 0.0753. The third kappa shape index (κ3) is 7.76. The van der Waals surface area contributed by atoms with Gasteiger partial charge in [0.25, 0.3) is 0 Å². The van der Waals surface area contributed by atoms with Crippen LogP contribution >= 0.6 is 12.6 Å². The van der Waals surface area contributed by atoms with Crippen molar-refractivity contribution in [3.63, 3.8) is 0 Å². The van der Waals surface area contributed by atoms with E-state index in [4.69, 9.17) is 15.2 Å². The standard InChI is InChI=1S/C39H69NO5S/c1-24(2)11-10-12-25(3)29-16-17-30-28-15-14-26-23-27(18-20-38(26,4)31(28)19-21-39(29,30)5)44-22-9-7-6-8-13-32(40)36-34(42)33(41)35(43)37(46)45-36/h14,24-25,27-37,41-43,46H,6-13,15-23,40H2,1-5H3/t25-,27?,28?,29-,30?,31?,32?,33+,34-,35-,36-,37?,38+,39-/m1/s1. The smallest absolute Gasteiger partial charge is 0.129 e. The third-order valence-corrected chi connectivity index (χ3v) is 14.5. The molecular weight excluding hydrogens is 594 g/mol. The summed E-state index contributed by atoms with van der Waals surface area (Å²) in [6.07, 6.45) is 18.4. The molecule has 266 valence electrons. The second-order valence-corrected chi connectivity index (χ2v) is 17.9. The summed E-state index contributed by atoms with van der Waals surface area (Å²) < 4.78 is 12.1. The predicted molar refractivity (Wildman–Crippen MR) is 190 cm³/mol. The molecule has 5 aliphatic rings. The highest BCUT2D eigenvalue weighted by Gasteiger charge is 2.59. The molecule has 1 aliphatic heterocycles. The minimum atomic E-state index is -1.29. The number of aliphatic hydroxyl groups is 3. The molecule has 5 rings (SSSR count). The Labute approximate surface area is 286 Å². The number of thiol groups is 1. The zero-order valence-electron chi connectivity index (χ0n) is 29.8. The van der Waals surface area contributed by atoms with Crippen molar-refractivity contribution >= 4 is 12.6 Å². The molecule has 4 aliphatic carbocycles. The van der Waals surface area contributed by atoms with Crippen molar-refractivity contribution in [2.75, 3.05) is 6.61 Å². The highest BCUT2D eigenvalue weighted by molar-refractivity contribution is 7.80. The maximum absolute atomic E-state index is 10.3. The largest absolute Gasteiger partial charge is 0.388 e. The molecule has 6 nitrogen and oxygen atoms in total. The van der Waals surface area contributed by atoms with Gasteiger partial charge in [0.2, 0.25) is 0 Å². The van der Waals surface area contributed by atoms with Crippen molar-refractivity contribution < 1.29 is 24.8 Å². The zero-order chi connectivity index (χ0) is 33.2. The molecule has 3 saturated carbocycles. The molecule has 0 aromatic carbocycles. The summed E-state index contributed by atoms with van der Waals surface area (Å²) in [5.41, 5.74) is 8.09. The van der Waals surface area contributed by atoms with Gasteiger partial charge in [-0.25, -0.2) is 0 Å². The molecule has 4 fully saturated rings. The monoisotopic (exact) mass is 663 g/mol. The number of fused-ring (bicyclic) bond motifs is 5. The Balaban J connectivity index is 1.03. The first kappa shape index (κ1) is 37.1. The Hall–Kier alpha value is -0.150. The molecule has 0 spiro atoms. The minimum absolute atomic E-state index is 0.363. The maximum atomic E-state index is 10.3. The van der Waals surface area contributed by atoms with Crippen molar-refractivity contribution in [1.82, 2.24) is 0 Å². The highest BCUT2D eigenvalue weighted by atomic mass is 32.1. The summed E-state index contributed by atoms with van der Waals surface area (Å²) in [6, 6.07) is -0.404. The molecule has 1 saturated heterocycles. The van der Waals surface area contributed by atoms with E-state index in [0.717, 1.165) is 74.2 Å². The van der Waals surface area contributed by atoms with Crippen LogP contribution in [0.1, 0.15) is 137 Å². The van der Waals surface area contributed by atoms with Gasteiger partial charge in [0.05, 0.1) is 6.10 Å². The van der Waals surface area contributed by atoms with Crippen LogP contribution in [0.3, 0.4) is 0 Å². The lowest BCUT2D eigenvalue weighted by atomic mass is 9.47. The zero-order valence-corrected chi connectivity index (χ0v) is 30.7. The molecule has 46 heavy (non-hydrogen) atoms. The van der Waals surface area contributed by atoms with E-state index >= 15 is 0 Å². The van der Waals surface area contributed by atoms with E-state index in [0.29, 0.717) is 23.4 Å². The van der Waals surface area contributed by atoms with Crippen molar-refractivity contribution in [3.8, 4) is 0 Å². The van der Waals surface area contributed by atoms with E-state index in [9.17, 15) is 15.3 Å². The Bertz CT molecular complexity index is 1010. The van der Waals surface area contributed by atoms with Gasteiger partial charge < -0.3 is 30.5 Å². The number of nitrogens with two attached hydrogens (primary N) is 1. The number of rotatable bonds is 14. The van der Waals surface area contributed by atoms with Crippen molar-refractivity contribution in [3.05, 3.63) is 11.6 Å². The first-order valence-corrected chi connectivity index (χ1v) is 19.8. The molecule has 0 amide bonds. The Kier molecular flexibility index (Phi) is 12.8. The van der Waals surface area contributed by atoms with Gasteiger partial charge in [-0.3, -0.25) is 0 Å². The van der Waals surface area contributed by atoms with Gasteiger partial charge in [-0.2, -0.15) is 0 Å². The average molecular weight is 664 g/mol. The van der Waals surface area contributed by atoms with Crippen LogP contribution in [0.25, 0.3) is 0 Å². The van der Waals surface area contributed by atoms with Gasteiger partial charge in [-0.15, -0.1) is 12.6 Å². The van der Waals surface area contributed by atoms with Crippen LogP contribution in [-0.4, -0.2) is 63.9 Å². The first-order chi connectivity index (χ1) is 21.9. The van der Waals surface area contributed by atoms with Gasteiger partial charge in [0, 0.05) is 12.6 Å². The number of hydrogen-bond acceptors (Lipinski definition) is 7. The fraction of sp³-hybridized carbons (Fsp3) is 0.949. The van der Waals surface area contributed by atoms with Gasteiger partial charge in [0.15, 0.2) is 0 Å². The Morgan fingerprint density at radius 3 is 2.41 bits per heavy atom. The van der Waals surface area contributed by atoms with E-state index < -0.39 is 35.9 Å². The van der Waals surface area contributed by atoms with Crippen molar-refractivity contribution in [1.29, 1.82) is 0 Å². The summed E-state index contributed by atoms with van der Waals surface area (Å²) in [6.45, 7) is 13.5. The second kappa shape index (κ2) is 15.8. The molecule has 0 aromatic heterocycles. The molecule has 0 radical (unpaired) electrons. The molecule has 14 atom stereocenters. The van der Waals surface area contributed by atoms with E-state index in [1.807, 2.05) is 0 Å². The minimum Gasteiger partial charge on any atom is -0.388 e. The number of ether oxygens (including phenoxy) is 2. The lowest BCUT2D eigenvalue weighted by Gasteiger charge is -2.58. The van der Waals surface area contributed by atoms with E-state index in [2.05, 4.69) is 53.3 Å². The Morgan fingerprint density at radius 2 is 1.65 bits per heavy atom. The number of allylic oxidation sites excluding steroid dienone is 1. The number of hydrogen-bond donors (Lipinski definition) is 5. The fourth-order valence-corrected chi connectivity index (χ4v) is 11.6. The highest BCUT2D eigenvalue weighted by Crippen LogP contribution is 2.67. The van der Waals surface area contributed by atoms with Gasteiger partial charge in [-0.05, 0) is 111 Å². The average Bonchev–Trinajstić information content (AvgIpc) is 3.38. The summed E-state index contributed by atoms with van der Waals surface area (Å²) in [5, 5.41) is 30.2. The summed E-state index contributed by atoms with van der Waals surface area (Å²) in [7, 11) is 0. The van der Waals surface area contributed by atoms with Crippen LogP contribution in [0.2, 0.25) is 0 Å². The molecule has 5 N–H and O–H groups in total. The lowest BCUT2D eigenvalue weighted by Crippen LogP contribution is -2.60. The van der Waals surface area contributed by atoms with Crippen molar-refractivity contribution in [2.24, 2.45) is 52.1 Å². The van der Waals surface area contributed by atoms with Gasteiger partial charge >= 0.3 is 0 Å². The third-order valence-electron chi connectivity index (χ3n) is 14.1. The SMILES string of the molecule is CC(C)CCC[C@@H](C)[C@H]1CCC2C3CC=C4CC(OCCCCCCC(N)[C@H]5OC(S)[C@H](O)[C@@H](O)[C@H]5O)CC[C@]4(C)C3CC[C@@]21C.